The van der Waals surface area contributed by atoms with Crippen LogP contribution in [0.25, 0.3) is 22.6 Å². The minimum absolute atomic E-state index is 0.0539. The molecule has 9 heteroatoms. The molecule has 164 valence electrons. The van der Waals surface area contributed by atoms with E-state index in [0.29, 0.717) is 27.7 Å². The first kappa shape index (κ1) is 22.1. The van der Waals surface area contributed by atoms with Crippen molar-refractivity contribution in [3.8, 4) is 28.7 Å². The number of nitrogens with zero attached hydrogens (tertiary/aromatic N) is 5. The van der Waals surface area contributed by atoms with Crippen LogP contribution in [0.15, 0.2) is 60.9 Å². The lowest BCUT2D eigenvalue weighted by atomic mass is 10.1. The van der Waals surface area contributed by atoms with Crippen LogP contribution in [-0.2, 0) is 7.05 Å². The van der Waals surface area contributed by atoms with Crippen LogP contribution < -0.4 is 5.32 Å². The number of amides is 1. The quantitative estimate of drug-likeness (QED) is 0.465. The highest BCUT2D eigenvalue weighted by Crippen LogP contribution is 2.24. The van der Waals surface area contributed by atoms with Gasteiger partial charge in [0.2, 0.25) is 0 Å². The molecule has 0 radical (unpaired) electrons. The van der Waals surface area contributed by atoms with Crippen molar-refractivity contribution >= 4 is 17.5 Å². The molecule has 0 unspecified atom stereocenters. The van der Waals surface area contributed by atoms with Crippen LogP contribution in [0.2, 0.25) is 5.02 Å². The number of aryl methyl sites for hydroxylation is 1. The van der Waals surface area contributed by atoms with E-state index in [-0.39, 0.29) is 11.3 Å². The van der Waals surface area contributed by atoms with E-state index in [1.807, 2.05) is 12.1 Å². The van der Waals surface area contributed by atoms with Crippen molar-refractivity contribution in [1.29, 1.82) is 5.26 Å². The summed E-state index contributed by atoms with van der Waals surface area (Å²) in [5.41, 5.74) is 2.59. The highest BCUT2D eigenvalue weighted by atomic mass is 35.5. The molecule has 2 aromatic carbocycles. The fourth-order valence-electron chi connectivity index (χ4n) is 3.24. The molecular weight excluding hydrogens is 443 g/mol. The van der Waals surface area contributed by atoms with Gasteiger partial charge in [-0.2, -0.15) is 10.4 Å². The summed E-state index contributed by atoms with van der Waals surface area (Å²) in [4.78, 5) is 22.1. The van der Waals surface area contributed by atoms with Gasteiger partial charge in [-0.25, -0.2) is 14.4 Å². The van der Waals surface area contributed by atoms with Gasteiger partial charge >= 0.3 is 0 Å². The molecule has 4 aromatic rings. The number of rotatable bonds is 5. The smallest absolute Gasteiger partial charge is 0.270 e. The molecule has 1 amide bonds. The zero-order valence-electron chi connectivity index (χ0n) is 17.8. The number of hydrogen-bond acceptors (Lipinski definition) is 5. The summed E-state index contributed by atoms with van der Waals surface area (Å²) in [7, 11) is 1.78. The molecule has 0 saturated heterocycles. The summed E-state index contributed by atoms with van der Waals surface area (Å²) in [5, 5.41) is 16.5. The maximum absolute atomic E-state index is 14.0. The van der Waals surface area contributed by atoms with E-state index in [0.717, 1.165) is 5.56 Å². The van der Waals surface area contributed by atoms with Crippen molar-refractivity contribution in [2.75, 3.05) is 0 Å². The fourth-order valence-corrected chi connectivity index (χ4v) is 3.37. The molecule has 0 aliphatic carbocycles. The third-order valence-electron chi connectivity index (χ3n) is 5.02. The molecular formula is C24H18ClFN6O. The van der Waals surface area contributed by atoms with Gasteiger partial charge in [-0.15, -0.1) is 0 Å². The van der Waals surface area contributed by atoms with Crippen LogP contribution in [0, 0.1) is 17.1 Å². The van der Waals surface area contributed by atoms with Crippen molar-refractivity contribution in [2.45, 2.75) is 13.0 Å². The summed E-state index contributed by atoms with van der Waals surface area (Å²) in [6.45, 7) is 1.72. The molecule has 2 aromatic heterocycles. The Labute approximate surface area is 194 Å². The third kappa shape index (κ3) is 4.89. The summed E-state index contributed by atoms with van der Waals surface area (Å²) in [5.74, 6) is -0.741. The molecule has 0 fully saturated rings. The van der Waals surface area contributed by atoms with Crippen LogP contribution in [0.3, 0.4) is 0 Å². The lowest BCUT2D eigenvalue weighted by Crippen LogP contribution is -2.28. The van der Waals surface area contributed by atoms with Gasteiger partial charge in [0.25, 0.3) is 5.91 Å². The lowest BCUT2D eigenvalue weighted by molar-refractivity contribution is 0.0934. The number of nitrogens with one attached hydrogen (secondary N) is 1. The highest BCUT2D eigenvalue weighted by molar-refractivity contribution is 6.30. The van der Waals surface area contributed by atoms with E-state index < -0.39 is 17.8 Å². The molecule has 7 nitrogen and oxygen atoms in total. The largest absolute Gasteiger partial charge is 0.344 e. The summed E-state index contributed by atoms with van der Waals surface area (Å²) < 4.78 is 15.6. The molecule has 0 aliphatic rings. The summed E-state index contributed by atoms with van der Waals surface area (Å²) in [6, 6.07) is 14.2. The average molecular weight is 461 g/mol. The Morgan fingerprint density at radius 3 is 2.55 bits per heavy atom. The van der Waals surface area contributed by atoms with Crippen LogP contribution in [0.4, 0.5) is 4.39 Å². The van der Waals surface area contributed by atoms with Gasteiger partial charge < -0.3 is 5.32 Å². The average Bonchev–Trinajstić information content (AvgIpc) is 3.25. The number of aromatic nitrogens is 4. The van der Waals surface area contributed by atoms with Crippen LogP contribution >= 0.6 is 11.6 Å². The van der Waals surface area contributed by atoms with E-state index in [1.165, 1.54) is 12.1 Å². The second-order valence-electron chi connectivity index (χ2n) is 7.42. The molecule has 1 atom stereocenters. The molecule has 0 bridgehead atoms. The first-order valence-electron chi connectivity index (χ1n) is 9.98. The Kier molecular flexibility index (Phi) is 6.16. The second kappa shape index (κ2) is 9.18. The predicted octanol–water partition coefficient (Wildman–Crippen LogP) is 4.70. The van der Waals surface area contributed by atoms with Gasteiger partial charge in [-0.3, -0.25) is 9.48 Å². The number of benzene rings is 2. The maximum Gasteiger partial charge on any atom is 0.270 e. The number of halogens is 2. The SMILES string of the molecule is C[C@H](NC(=O)c1cc(-c2ccc(Cl)cc2)nc(-c2cnn(C)c2)n1)c1ccc(C#N)c(F)c1. The maximum atomic E-state index is 14.0. The normalized spacial score (nSPS) is 11.6. The standard InChI is InChI=1S/C24H18ClFN6O/c1-14(16-3-4-17(11-27)20(26)9-16)29-24(33)22-10-21(15-5-7-19(25)8-6-15)30-23(31-22)18-12-28-32(2)13-18/h3-10,12-14H,1-2H3,(H,29,33)/t14-/m0/s1. The van der Waals surface area contributed by atoms with Crippen molar-refractivity contribution in [3.05, 3.63) is 88.6 Å². The van der Waals surface area contributed by atoms with Crippen LogP contribution in [0.1, 0.15) is 34.6 Å². The third-order valence-corrected chi connectivity index (χ3v) is 5.28. The van der Waals surface area contributed by atoms with E-state index in [9.17, 15) is 9.18 Å². The first-order chi connectivity index (χ1) is 15.8. The first-order valence-corrected chi connectivity index (χ1v) is 10.4. The van der Waals surface area contributed by atoms with Crippen molar-refractivity contribution < 1.29 is 9.18 Å². The van der Waals surface area contributed by atoms with Crippen LogP contribution in [-0.4, -0.2) is 25.7 Å². The Bertz CT molecular complexity index is 1380. The summed E-state index contributed by atoms with van der Waals surface area (Å²) >= 11 is 6.00. The molecule has 0 spiro atoms. The van der Waals surface area contributed by atoms with Gasteiger partial charge in [-0.05, 0) is 42.8 Å². The zero-order chi connectivity index (χ0) is 23.5. The van der Waals surface area contributed by atoms with Gasteiger partial charge in [0.05, 0.1) is 29.1 Å². The number of nitriles is 1. The zero-order valence-corrected chi connectivity index (χ0v) is 18.5. The van der Waals surface area contributed by atoms with E-state index in [2.05, 4.69) is 20.4 Å². The van der Waals surface area contributed by atoms with Crippen molar-refractivity contribution in [1.82, 2.24) is 25.1 Å². The topological polar surface area (TPSA) is 96.5 Å². The Morgan fingerprint density at radius 1 is 1.15 bits per heavy atom. The summed E-state index contributed by atoms with van der Waals surface area (Å²) in [6.07, 6.45) is 3.37. The number of carbonyl (C=O) groups is 1. The van der Waals surface area contributed by atoms with E-state index in [4.69, 9.17) is 16.9 Å². The molecule has 33 heavy (non-hydrogen) atoms. The Balaban J connectivity index is 1.68. The molecule has 0 aliphatic heterocycles. The minimum Gasteiger partial charge on any atom is -0.344 e. The molecule has 2 heterocycles. The number of hydrogen-bond donors (Lipinski definition) is 1. The lowest BCUT2D eigenvalue weighted by Gasteiger charge is -2.15. The molecule has 4 rings (SSSR count). The minimum atomic E-state index is -0.637. The van der Waals surface area contributed by atoms with Gasteiger partial charge in [-0.1, -0.05) is 29.8 Å². The predicted molar refractivity (Wildman–Crippen MR) is 122 cm³/mol. The highest BCUT2D eigenvalue weighted by Gasteiger charge is 2.18. The van der Waals surface area contributed by atoms with Gasteiger partial charge in [0.15, 0.2) is 5.82 Å². The van der Waals surface area contributed by atoms with Gasteiger partial charge in [0.1, 0.15) is 17.6 Å². The second-order valence-corrected chi connectivity index (χ2v) is 7.85. The number of carbonyl (C=O) groups excluding carboxylic acids is 1. The monoisotopic (exact) mass is 460 g/mol. The molecule has 1 N–H and O–H groups in total. The molecule has 0 saturated carbocycles. The van der Waals surface area contributed by atoms with Crippen molar-refractivity contribution in [2.24, 2.45) is 7.05 Å². The van der Waals surface area contributed by atoms with E-state index >= 15 is 0 Å². The Morgan fingerprint density at radius 2 is 1.91 bits per heavy atom. The van der Waals surface area contributed by atoms with Crippen LogP contribution in [0.5, 0.6) is 0 Å². The van der Waals surface area contributed by atoms with E-state index in [1.54, 1.807) is 61.4 Å². The van der Waals surface area contributed by atoms with Crippen molar-refractivity contribution in [3.63, 3.8) is 0 Å². The fraction of sp³-hybridized carbons (Fsp3) is 0.125. The Hall–Kier alpha value is -4.09. The van der Waals surface area contributed by atoms with Gasteiger partial charge in [0, 0.05) is 23.8 Å².